The molecule has 0 saturated heterocycles. The average molecular weight is 333 g/mol. The zero-order valence-corrected chi connectivity index (χ0v) is 13.4. The van der Waals surface area contributed by atoms with Crippen LogP contribution in [0, 0.1) is 6.92 Å². The largest absolute Gasteiger partial charge is 0.229 e. The smallest absolute Gasteiger partial charge is 0.150 e. The lowest BCUT2D eigenvalue weighted by Gasteiger charge is -2.16. The lowest BCUT2D eigenvalue weighted by atomic mass is 9.94. The van der Waals surface area contributed by atoms with Crippen LogP contribution < -0.4 is 0 Å². The van der Waals surface area contributed by atoms with Gasteiger partial charge in [0, 0.05) is 11.1 Å². The van der Waals surface area contributed by atoms with E-state index in [-0.39, 0.29) is 11.7 Å². The van der Waals surface area contributed by atoms with Crippen LogP contribution in [0.15, 0.2) is 24.3 Å². The quantitative estimate of drug-likeness (QED) is 0.713. The van der Waals surface area contributed by atoms with Crippen molar-refractivity contribution in [1.82, 2.24) is 0 Å². The van der Waals surface area contributed by atoms with Crippen LogP contribution >= 0.6 is 15.9 Å². The van der Waals surface area contributed by atoms with Gasteiger partial charge < -0.3 is 0 Å². The number of rotatable bonds is 7. The summed E-state index contributed by atoms with van der Waals surface area (Å²) in [5.74, 6) is 0.860. The van der Waals surface area contributed by atoms with E-state index in [1.807, 2.05) is 19.1 Å². The van der Waals surface area contributed by atoms with Crippen LogP contribution in [-0.4, -0.2) is 25.3 Å². The Bertz CT molecular complexity index is 468. The van der Waals surface area contributed by atoms with E-state index in [1.165, 1.54) is 11.1 Å². The van der Waals surface area contributed by atoms with E-state index in [0.717, 1.165) is 5.33 Å². The van der Waals surface area contributed by atoms with E-state index in [4.69, 9.17) is 0 Å². The number of hydrogen-bond acceptors (Lipinski definition) is 2. The van der Waals surface area contributed by atoms with Crippen molar-refractivity contribution in [1.29, 1.82) is 0 Å². The molecule has 18 heavy (non-hydrogen) atoms. The van der Waals surface area contributed by atoms with Gasteiger partial charge in [-0.2, -0.15) is 0 Å². The molecule has 2 nitrogen and oxygen atoms in total. The summed E-state index contributed by atoms with van der Waals surface area (Å²) >= 11 is 3.50. The molecule has 0 aliphatic carbocycles. The molecule has 4 heteroatoms. The maximum absolute atomic E-state index is 11.8. The third-order valence-corrected chi connectivity index (χ3v) is 5.78. The van der Waals surface area contributed by atoms with Gasteiger partial charge in [-0.25, -0.2) is 8.42 Å². The summed E-state index contributed by atoms with van der Waals surface area (Å²) in [5, 5.41) is 0.805. The summed E-state index contributed by atoms with van der Waals surface area (Å²) in [6.45, 7) is 3.98. The highest BCUT2D eigenvalue weighted by atomic mass is 79.9. The number of benzene rings is 1. The van der Waals surface area contributed by atoms with Gasteiger partial charge in [0.15, 0.2) is 0 Å². The fourth-order valence-electron chi connectivity index (χ4n) is 2.10. The molecule has 1 unspecified atom stereocenters. The molecule has 0 fully saturated rings. The minimum Gasteiger partial charge on any atom is -0.229 e. The molecule has 0 radical (unpaired) electrons. The maximum atomic E-state index is 11.8. The fraction of sp³-hybridized carbons (Fsp3) is 0.571. The third kappa shape index (κ3) is 4.73. The summed E-state index contributed by atoms with van der Waals surface area (Å²) in [6, 6.07) is 8.19. The highest BCUT2D eigenvalue weighted by Gasteiger charge is 2.17. The van der Waals surface area contributed by atoms with E-state index < -0.39 is 9.84 Å². The van der Waals surface area contributed by atoms with Crippen molar-refractivity contribution >= 4 is 25.8 Å². The van der Waals surface area contributed by atoms with Gasteiger partial charge in [0.1, 0.15) is 9.84 Å². The molecule has 0 N–H and O–H groups in total. The van der Waals surface area contributed by atoms with E-state index in [1.54, 1.807) is 0 Å². The Kier molecular flexibility index (Phi) is 6.36. The minimum atomic E-state index is -2.88. The monoisotopic (exact) mass is 332 g/mol. The molecule has 0 spiro atoms. The summed E-state index contributed by atoms with van der Waals surface area (Å²) in [7, 11) is -2.88. The van der Waals surface area contributed by atoms with Crippen molar-refractivity contribution < 1.29 is 8.42 Å². The second-order valence-electron chi connectivity index (χ2n) is 4.65. The number of hydrogen-bond donors (Lipinski definition) is 0. The Labute approximate surface area is 119 Å². The van der Waals surface area contributed by atoms with Crippen molar-refractivity contribution in [2.75, 3.05) is 16.8 Å². The van der Waals surface area contributed by atoms with Crippen molar-refractivity contribution in [3.05, 3.63) is 35.4 Å². The zero-order chi connectivity index (χ0) is 13.6. The fourth-order valence-corrected chi connectivity index (χ4v) is 4.24. The number of sulfone groups is 1. The zero-order valence-electron chi connectivity index (χ0n) is 11.0. The van der Waals surface area contributed by atoms with Crippen molar-refractivity contribution in [3.63, 3.8) is 0 Å². The molecule has 0 aliphatic rings. The molecule has 1 atom stereocenters. The average Bonchev–Trinajstić information content (AvgIpc) is 2.32. The number of alkyl halides is 1. The standard InChI is InChI=1S/C14H21BrO2S/c1-3-9-18(16,17)10-8-13(11-15)14-7-5-4-6-12(14)2/h4-7,13H,3,8-11H2,1-2H3. The molecule has 0 aromatic heterocycles. The van der Waals surface area contributed by atoms with E-state index in [2.05, 4.69) is 35.0 Å². The van der Waals surface area contributed by atoms with Gasteiger partial charge in [-0.15, -0.1) is 0 Å². The van der Waals surface area contributed by atoms with Crippen LogP contribution in [0.2, 0.25) is 0 Å². The molecule has 1 aromatic carbocycles. The van der Waals surface area contributed by atoms with Crippen LogP contribution in [0.25, 0.3) is 0 Å². The minimum absolute atomic E-state index is 0.276. The topological polar surface area (TPSA) is 34.1 Å². The van der Waals surface area contributed by atoms with Crippen LogP contribution in [0.1, 0.15) is 36.8 Å². The van der Waals surface area contributed by atoms with Crippen molar-refractivity contribution in [2.45, 2.75) is 32.6 Å². The van der Waals surface area contributed by atoms with Gasteiger partial charge in [-0.05, 0) is 36.8 Å². The van der Waals surface area contributed by atoms with Gasteiger partial charge in [0.2, 0.25) is 0 Å². The number of aryl methyl sites for hydroxylation is 1. The normalized spacial score (nSPS) is 13.5. The Morgan fingerprint density at radius 2 is 1.89 bits per heavy atom. The second-order valence-corrected chi connectivity index (χ2v) is 7.60. The van der Waals surface area contributed by atoms with E-state index >= 15 is 0 Å². The molecule has 102 valence electrons. The Balaban J connectivity index is 2.72. The molecular formula is C14H21BrO2S. The molecule has 0 bridgehead atoms. The SMILES string of the molecule is CCCS(=O)(=O)CCC(CBr)c1ccccc1C. The first kappa shape index (κ1) is 15.7. The molecule has 1 rings (SSSR count). The molecule has 0 amide bonds. The van der Waals surface area contributed by atoms with Crippen LogP contribution in [0.5, 0.6) is 0 Å². The predicted molar refractivity (Wildman–Crippen MR) is 81.3 cm³/mol. The van der Waals surface area contributed by atoms with Gasteiger partial charge in [-0.1, -0.05) is 47.1 Å². The first-order valence-corrected chi connectivity index (χ1v) is 9.26. The van der Waals surface area contributed by atoms with Crippen molar-refractivity contribution in [2.24, 2.45) is 0 Å². The van der Waals surface area contributed by atoms with Gasteiger partial charge >= 0.3 is 0 Å². The van der Waals surface area contributed by atoms with Crippen LogP contribution in [0.3, 0.4) is 0 Å². The summed E-state index contributed by atoms with van der Waals surface area (Å²) < 4.78 is 23.5. The summed E-state index contributed by atoms with van der Waals surface area (Å²) in [4.78, 5) is 0. The third-order valence-electron chi connectivity index (χ3n) is 3.11. The van der Waals surface area contributed by atoms with Gasteiger partial charge in [0.05, 0.1) is 5.75 Å². The highest BCUT2D eigenvalue weighted by molar-refractivity contribution is 9.09. The molecule has 0 heterocycles. The highest BCUT2D eigenvalue weighted by Crippen LogP contribution is 2.25. The molecule has 0 aliphatic heterocycles. The Morgan fingerprint density at radius 3 is 2.44 bits per heavy atom. The van der Waals surface area contributed by atoms with E-state index in [9.17, 15) is 8.42 Å². The summed E-state index contributed by atoms with van der Waals surface area (Å²) in [5.41, 5.74) is 2.48. The Hall–Kier alpha value is -0.350. The first-order valence-electron chi connectivity index (χ1n) is 6.32. The molecule has 1 aromatic rings. The van der Waals surface area contributed by atoms with Crippen LogP contribution in [0.4, 0.5) is 0 Å². The first-order chi connectivity index (χ1) is 8.50. The summed E-state index contributed by atoms with van der Waals surface area (Å²) in [6.07, 6.45) is 1.39. The van der Waals surface area contributed by atoms with Crippen LogP contribution in [-0.2, 0) is 9.84 Å². The lowest BCUT2D eigenvalue weighted by Crippen LogP contribution is -2.14. The molecular weight excluding hydrogens is 312 g/mol. The van der Waals surface area contributed by atoms with Gasteiger partial charge in [0.25, 0.3) is 0 Å². The van der Waals surface area contributed by atoms with Gasteiger partial charge in [-0.3, -0.25) is 0 Å². The Morgan fingerprint density at radius 1 is 1.22 bits per heavy atom. The lowest BCUT2D eigenvalue weighted by molar-refractivity contribution is 0.587. The second kappa shape index (κ2) is 7.29. The maximum Gasteiger partial charge on any atom is 0.150 e. The van der Waals surface area contributed by atoms with Crippen molar-refractivity contribution in [3.8, 4) is 0 Å². The predicted octanol–water partition coefficient (Wildman–Crippen LogP) is 3.69. The molecule has 0 saturated carbocycles. The van der Waals surface area contributed by atoms with E-state index in [0.29, 0.717) is 18.6 Å². The number of halogens is 1.